The number of hydrogen-bond acceptors (Lipinski definition) is 4. The number of methoxy groups -OCH3 is 1. The first-order chi connectivity index (χ1) is 12.9. The summed E-state index contributed by atoms with van der Waals surface area (Å²) in [5, 5.41) is 6.31. The van der Waals surface area contributed by atoms with E-state index in [2.05, 4.69) is 15.6 Å². The van der Waals surface area contributed by atoms with Gasteiger partial charge < -0.3 is 24.8 Å². The van der Waals surface area contributed by atoms with E-state index >= 15 is 0 Å². The largest absolute Gasteiger partial charge is 0.484 e. The van der Waals surface area contributed by atoms with Crippen LogP contribution in [-0.4, -0.2) is 58.8 Å². The molecular formula is C18H29F3IN3O3. The second-order valence-electron chi connectivity index (χ2n) is 5.63. The average Bonchev–Trinajstić information content (AvgIpc) is 2.63. The summed E-state index contributed by atoms with van der Waals surface area (Å²) in [5.41, 5.74) is 0.759. The normalized spacial score (nSPS) is 11.7. The van der Waals surface area contributed by atoms with Gasteiger partial charge in [-0.15, -0.1) is 24.0 Å². The Balaban J connectivity index is 0.00000729. The van der Waals surface area contributed by atoms with Crippen LogP contribution in [0.4, 0.5) is 13.2 Å². The fraction of sp³-hybridized carbons (Fsp3) is 0.611. The van der Waals surface area contributed by atoms with Gasteiger partial charge in [-0.1, -0.05) is 12.1 Å². The van der Waals surface area contributed by atoms with E-state index in [1.165, 1.54) is 6.07 Å². The molecule has 1 aromatic carbocycles. The fourth-order valence-electron chi connectivity index (χ4n) is 2.04. The van der Waals surface area contributed by atoms with Crippen LogP contribution in [0, 0.1) is 0 Å². The van der Waals surface area contributed by atoms with E-state index in [0.29, 0.717) is 45.4 Å². The van der Waals surface area contributed by atoms with Crippen LogP contribution in [0.5, 0.6) is 5.75 Å². The lowest BCUT2D eigenvalue weighted by molar-refractivity contribution is -0.153. The third kappa shape index (κ3) is 13.8. The van der Waals surface area contributed by atoms with Crippen LogP contribution in [0.25, 0.3) is 0 Å². The minimum atomic E-state index is -4.36. The molecule has 0 atom stereocenters. The van der Waals surface area contributed by atoms with Crippen molar-refractivity contribution in [3.8, 4) is 5.75 Å². The lowest BCUT2D eigenvalue weighted by Crippen LogP contribution is -2.38. The maximum Gasteiger partial charge on any atom is 0.422 e. The first-order valence-corrected chi connectivity index (χ1v) is 8.82. The standard InChI is InChI=1S/C18H28F3N3O3.HI/c1-3-22-17(23-8-5-9-26-11-10-25-2)24-13-15-6-4-7-16(12-15)27-14-18(19,20)21;/h4,6-7,12H,3,5,8-11,13-14H2,1-2H3,(H2,22,23,24);1H. The van der Waals surface area contributed by atoms with Crippen LogP contribution < -0.4 is 15.4 Å². The lowest BCUT2D eigenvalue weighted by Gasteiger charge is -2.12. The SMILES string of the molecule is CCNC(=NCc1cccc(OCC(F)(F)F)c1)NCCCOCCOC.I. The van der Waals surface area contributed by atoms with Crippen LogP contribution in [0.3, 0.4) is 0 Å². The van der Waals surface area contributed by atoms with Gasteiger partial charge in [0.2, 0.25) is 0 Å². The molecule has 0 aliphatic carbocycles. The molecule has 0 saturated carbocycles. The summed E-state index contributed by atoms with van der Waals surface area (Å²) < 4.78 is 51.8. The van der Waals surface area contributed by atoms with E-state index in [4.69, 9.17) is 14.2 Å². The number of alkyl halides is 3. The van der Waals surface area contributed by atoms with Crippen molar-refractivity contribution < 1.29 is 27.4 Å². The second-order valence-corrected chi connectivity index (χ2v) is 5.63. The molecule has 162 valence electrons. The van der Waals surface area contributed by atoms with Crippen molar-refractivity contribution in [2.75, 3.05) is 46.6 Å². The molecule has 0 saturated heterocycles. The molecule has 0 bridgehead atoms. The summed E-state index contributed by atoms with van der Waals surface area (Å²) in [6.45, 7) is 4.11. The summed E-state index contributed by atoms with van der Waals surface area (Å²) in [6, 6.07) is 6.49. The summed E-state index contributed by atoms with van der Waals surface area (Å²) in [6.07, 6.45) is -3.54. The summed E-state index contributed by atoms with van der Waals surface area (Å²) in [4.78, 5) is 4.44. The maximum atomic E-state index is 12.2. The molecule has 28 heavy (non-hydrogen) atoms. The number of guanidine groups is 1. The molecule has 6 nitrogen and oxygen atoms in total. The van der Waals surface area contributed by atoms with Gasteiger partial charge >= 0.3 is 6.18 Å². The topological polar surface area (TPSA) is 64.1 Å². The molecule has 2 N–H and O–H groups in total. The number of aliphatic imine (C=N–C) groups is 1. The quantitative estimate of drug-likeness (QED) is 0.192. The molecular weight excluding hydrogens is 490 g/mol. The van der Waals surface area contributed by atoms with Crippen molar-refractivity contribution in [1.29, 1.82) is 0 Å². The number of nitrogens with zero attached hydrogens (tertiary/aromatic N) is 1. The Hall–Kier alpha value is -1.27. The van der Waals surface area contributed by atoms with Gasteiger partial charge in [-0.2, -0.15) is 13.2 Å². The zero-order chi connectivity index (χ0) is 20.0. The van der Waals surface area contributed by atoms with Crippen molar-refractivity contribution >= 4 is 29.9 Å². The van der Waals surface area contributed by atoms with E-state index in [-0.39, 0.29) is 29.7 Å². The van der Waals surface area contributed by atoms with Crippen LogP contribution in [0.2, 0.25) is 0 Å². The zero-order valence-corrected chi connectivity index (χ0v) is 18.5. The Labute approximate surface area is 181 Å². The molecule has 0 unspecified atom stereocenters. The highest BCUT2D eigenvalue weighted by molar-refractivity contribution is 14.0. The van der Waals surface area contributed by atoms with Crippen molar-refractivity contribution in [3.63, 3.8) is 0 Å². The molecule has 0 radical (unpaired) electrons. The molecule has 0 fully saturated rings. The highest BCUT2D eigenvalue weighted by Crippen LogP contribution is 2.19. The van der Waals surface area contributed by atoms with Gasteiger partial charge in [0.05, 0.1) is 19.8 Å². The molecule has 0 aliphatic rings. The summed E-state index contributed by atoms with van der Waals surface area (Å²) in [5.74, 6) is 0.808. The van der Waals surface area contributed by atoms with Crippen molar-refractivity contribution in [2.45, 2.75) is 26.1 Å². The Bertz CT molecular complexity index is 560. The van der Waals surface area contributed by atoms with Gasteiger partial charge in [0.1, 0.15) is 5.75 Å². The van der Waals surface area contributed by atoms with Gasteiger partial charge in [0, 0.05) is 26.8 Å². The Morgan fingerprint density at radius 1 is 1.14 bits per heavy atom. The highest BCUT2D eigenvalue weighted by atomic mass is 127. The maximum absolute atomic E-state index is 12.2. The second kappa shape index (κ2) is 15.6. The minimum Gasteiger partial charge on any atom is -0.484 e. The smallest absolute Gasteiger partial charge is 0.422 e. The summed E-state index contributed by atoms with van der Waals surface area (Å²) in [7, 11) is 1.63. The Morgan fingerprint density at radius 2 is 1.93 bits per heavy atom. The van der Waals surface area contributed by atoms with Gasteiger partial charge in [0.25, 0.3) is 0 Å². The van der Waals surface area contributed by atoms with E-state index in [0.717, 1.165) is 12.0 Å². The molecule has 1 rings (SSSR count). The third-order valence-electron chi connectivity index (χ3n) is 3.25. The van der Waals surface area contributed by atoms with E-state index < -0.39 is 12.8 Å². The number of ether oxygens (including phenoxy) is 3. The van der Waals surface area contributed by atoms with Crippen LogP contribution >= 0.6 is 24.0 Å². The van der Waals surface area contributed by atoms with Gasteiger partial charge in [-0.25, -0.2) is 4.99 Å². The van der Waals surface area contributed by atoms with Crippen molar-refractivity contribution in [2.24, 2.45) is 4.99 Å². The first kappa shape index (κ1) is 26.7. The molecule has 1 aromatic rings. The molecule has 0 aromatic heterocycles. The van der Waals surface area contributed by atoms with Crippen LogP contribution in [-0.2, 0) is 16.0 Å². The van der Waals surface area contributed by atoms with Crippen molar-refractivity contribution in [1.82, 2.24) is 10.6 Å². The third-order valence-corrected chi connectivity index (χ3v) is 3.25. The number of hydrogen-bond donors (Lipinski definition) is 2. The number of rotatable bonds is 12. The summed E-state index contributed by atoms with van der Waals surface area (Å²) >= 11 is 0. The van der Waals surface area contributed by atoms with Crippen LogP contribution in [0.15, 0.2) is 29.3 Å². The van der Waals surface area contributed by atoms with E-state index in [9.17, 15) is 13.2 Å². The van der Waals surface area contributed by atoms with Gasteiger partial charge in [0.15, 0.2) is 12.6 Å². The predicted octanol–water partition coefficient (Wildman–Crippen LogP) is 3.35. The minimum absolute atomic E-state index is 0. The molecule has 0 heterocycles. The highest BCUT2D eigenvalue weighted by Gasteiger charge is 2.28. The van der Waals surface area contributed by atoms with Gasteiger partial charge in [-0.3, -0.25) is 0 Å². The average molecular weight is 519 g/mol. The Morgan fingerprint density at radius 3 is 2.61 bits per heavy atom. The van der Waals surface area contributed by atoms with Crippen LogP contribution in [0.1, 0.15) is 18.9 Å². The lowest BCUT2D eigenvalue weighted by atomic mass is 10.2. The number of benzene rings is 1. The Kier molecular flexibility index (Phi) is 14.9. The molecule has 0 amide bonds. The molecule has 0 aliphatic heterocycles. The van der Waals surface area contributed by atoms with E-state index in [1.54, 1.807) is 25.3 Å². The number of halogens is 4. The number of nitrogens with one attached hydrogen (secondary N) is 2. The zero-order valence-electron chi connectivity index (χ0n) is 16.2. The van der Waals surface area contributed by atoms with E-state index in [1.807, 2.05) is 6.92 Å². The first-order valence-electron chi connectivity index (χ1n) is 8.82. The molecule has 0 spiro atoms. The predicted molar refractivity (Wildman–Crippen MR) is 114 cm³/mol. The van der Waals surface area contributed by atoms with Gasteiger partial charge in [-0.05, 0) is 31.0 Å². The van der Waals surface area contributed by atoms with Crippen molar-refractivity contribution in [3.05, 3.63) is 29.8 Å². The monoisotopic (exact) mass is 519 g/mol. The molecule has 10 heteroatoms. The fourth-order valence-corrected chi connectivity index (χ4v) is 2.04.